The van der Waals surface area contributed by atoms with Gasteiger partial charge in [-0.2, -0.15) is 0 Å². The molecule has 144 valence electrons. The van der Waals surface area contributed by atoms with Crippen LogP contribution in [0.5, 0.6) is 0 Å². The van der Waals surface area contributed by atoms with Gasteiger partial charge in [-0.1, -0.05) is 43.7 Å². The van der Waals surface area contributed by atoms with Crippen LogP contribution < -0.4 is 4.90 Å². The van der Waals surface area contributed by atoms with E-state index in [0.717, 1.165) is 22.5 Å². The quantitative estimate of drug-likeness (QED) is 0.712. The third kappa shape index (κ3) is 3.28. The molecule has 2 aromatic carbocycles. The average Bonchev–Trinajstić information content (AvgIpc) is 2.62. The molecule has 0 saturated heterocycles. The number of carbonyl (C=O) groups is 2. The predicted molar refractivity (Wildman–Crippen MR) is 107 cm³/mol. The number of hydrogen-bond donors (Lipinski definition) is 0. The molecule has 0 saturated carbocycles. The van der Waals surface area contributed by atoms with Crippen LogP contribution in [0.1, 0.15) is 50.2 Å². The molecule has 1 heterocycles. The minimum absolute atomic E-state index is 0.0255. The fraction of sp³-hybridized carbons (Fsp3) is 0.333. The largest absolute Gasteiger partial charge is 0.294 e. The van der Waals surface area contributed by atoms with Crippen LogP contribution in [0.15, 0.2) is 59.8 Å². The highest BCUT2D eigenvalue weighted by Gasteiger charge is 2.44. The van der Waals surface area contributed by atoms with E-state index in [1.165, 1.54) is 12.1 Å². The second kappa shape index (κ2) is 6.69. The van der Waals surface area contributed by atoms with Crippen molar-refractivity contribution < 1.29 is 14.0 Å². The molecular formula is C24H24FNO2. The van der Waals surface area contributed by atoms with Gasteiger partial charge in [0.2, 0.25) is 5.91 Å². The first kappa shape index (κ1) is 18.6. The number of Topliss-reactive ketones (excluding diaryl/α,β-unsaturated/α-hetero) is 1. The topological polar surface area (TPSA) is 37.4 Å². The Kier molecular flexibility index (Phi) is 4.45. The molecule has 2 aliphatic rings. The smallest absolute Gasteiger partial charge is 0.232 e. The van der Waals surface area contributed by atoms with E-state index >= 15 is 0 Å². The molecular weight excluding hydrogens is 353 g/mol. The van der Waals surface area contributed by atoms with Crippen LogP contribution in [0, 0.1) is 18.2 Å². The molecule has 1 amide bonds. The number of anilines is 1. The van der Waals surface area contributed by atoms with Gasteiger partial charge in [0.25, 0.3) is 0 Å². The minimum atomic E-state index is -0.322. The summed E-state index contributed by atoms with van der Waals surface area (Å²) >= 11 is 0. The maximum Gasteiger partial charge on any atom is 0.232 e. The van der Waals surface area contributed by atoms with Gasteiger partial charge >= 0.3 is 0 Å². The van der Waals surface area contributed by atoms with Crippen molar-refractivity contribution in [1.29, 1.82) is 0 Å². The van der Waals surface area contributed by atoms with Crippen molar-refractivity contribution in [1.82, 2.24) is 0 Å². The number of rotatable bonds is 2. The van der Waals surface area contributed by atoms with E-state index in [2.05, 4.69) is 13.8 Å². The summed E-state index contributed by atoms with van der Waals surface area (Å²) in [6.45, 7) is 6.13. The van der Waals surface area contributed by atoms with Crippen molar-refractivity contribution in [3.05, 3.63) is 76.7 Å². The number of aryl methyl sites for hydroxylation is 1. The first-order valence-corrected chi connectivity index (χ1v) is 9.66. The highest BCUT2D eigenvalue weighted by molar-refractivity contribution is 6.07. The lowest BCUT2D eigenvalue weighted by Gasteiger charge is -2.43. The van der Waals surface area contributed by atoms with Crippen LogP contribution in [0.3, 0.4) is 0 Å². The molecule has 0 radical (unpaired) electrons. The van der Waals surface area contributed by atoms with E-state index in [1.807, 2.05) is 31.2 Å². The highest BCUT2D eigenvalue weighted by Crippen LogP contribution is 2.48. The fourth-order valence-corrected chi connectivity index (χ4v) is 4.39. The Labute approximate surface area is 164 Å². The van der Waals surface area contributed by atoms with Crippen LogP contribution >= 0.6 is 0 Å². The Hall–Kier alpha value is -2.75. The minimum Gasteiger partial charge on any atom is -0.294 e. The van der Waals surface area contributed by atoms with Gasteiger partial charge in [-0.05, 0) is 48.6 Å². The molecule has 3 nitrogen and oxygen atoms in total. The van der Waals surface area contributed by atoms with Crippen molar-refractivity contribution in [3.63, 3.8) is 0 Å². The Morgan fingerprint density at radius 2 is 1.61 bits per heavy atom. The van der Waals surface area contributed by atoms with Crippen molar-refractivity contribution in [2.75, 3.05) is 4.90 Å². The summed E-state index contributed by atoms with van der Waals surface area (Å²) in [5, 5.41) is 0. The zero-order valence-corrected chi connectivity index (χ0v) is 16.5. The highest BCUT2D eigenvalue weighted by atomic mass is 19.1. The first-order valence-electron chi connectivity index (χ1n) is 9.66. The number of benzene rings is 2. The molecule has 0 N–H and O–H groups in total. The number of allylic oxidation sites excluding steroid dienone is 2. The van der Waals surface area contributed by atoms with Gasteiger partial charge in [-0.25, -0.2) is 4.39 Å². The van der Waals surface area contributed by atoms with Crippen molar-refractivity contribution in [2.45, 2.75) is 46.0 Å². The van der Waals surface area contributed by atoms with Crippen LogP contribution in [-0.4, -0.2) is 11.7 Å². The number of amides is 1. The molecule has 2 aromatic rings. The van der Waals surface area contributed by atoms with Gasteiger partial charge < -0.3 is 0 Å². The number of halogens is 1. The zero-order valence-electron chi connectivity index (χ0n) is 16.5. The van der Waals surface area contributed by atoms with E-state index in [9.17, 15) is 14.0 Å². The Bertz CT molecular complexity index is 971. The number of carbonyl (C=O) groups excluding carboxylic acids is 2. The summed E-state index contributed by atoms with van der Waals surface area (Å²) in [5.41, 5.74) is 4.04. The second-order valence-corrected chi connectivity index (χ2v) is 8.67. The van der Waals surface area contributed by atoms with E-state index in [1.54, 1.807) is 17.0 Å². The lowest BCUT2D eigenvalue weighted by Crippen LogP contribution is -2.43. The molecule has 28 heavy (non-hydrogen) atoms. The van der Waals surface area contributed by atoms with E-state index in [-0.39, 0.29) is 35.3 Å². The molecule has 0 bridgehead atoms. The maximum absolute atomic E-state index is 13.4. The van der Waals surface area contributed by atoms with E-state index in [4.69, 9.17) is 0 Å². The fourth-order valence-electron chi connectivity index (χ4n) is 4.39. The summed E-state index contributed by atoms with van der Waals surface area (Å²) < 4.78 is 13.4. The van der Waals surface area contributed by atoms with Crippen LogP contribution in [0.2, 0.25) is 0 Å². The third-order valence-electron chi connectivity index (χ3n) is 5.71. The van der Waals surface area contributed by atoms with Crippen molar-refractivity contribution >= 4 is 17.4 Å². The number of hydrogen-bond acceptors (Lipinski definition) is 2. The van der Waals surface area contributed by atoms with Crippen LogP contribution in [0.25, 0.3) is 0 Å². The standard InChI is InChI=1S/C24H24FNO2/c1-15-4-10-18(11-5-15)26-20-13-24(2,3)14-21(27)23(20)19(12-22(26)28)16-6-8-17(25)9-7-16/h4-11,19H,12-14H2,1-3H3. The molecule has 1 aliphatic carbocycles. The van der Waals surface area contributed by atoms with Gasteiger partial charge in [0, 0.05) is 35.7 Å². The summed E-state index contributed by atoms with van der Waals surface area (Å²) in [6, 6.07) is 14.0. The van der Waals surface area contributed by atoms with Gasteiger partial charge in [0.1, 0.15) is 5.82 Å². The average molecular weight is 377 g/mol. The second-order valence-electron chi connectivity index (χ2n) is 8.67. The summed E-state index contributed by atoms with van der Waals surface area (Å²) in [5.74, 6) is -0.571. The molecule has 1 aliphatic heterocycles. The monoisotopic (exact) mass is 377 g/mol. The predicted octanol–water partition coefficient (Wildman–Crippen LogP) is 5.30. The molecule has 1 unspecified atom stereocenters. The van der Waals surface area contributed by atoms with Gasteiger partial charge in [0.05, 0.1) is 0 Å². The summed E-state index contributed by atoms with van der Waals surface area (Å²) in [7, 11) is 0. The zero-order chi connectivity index (χ0) is 20.1. The molecule has 0 spiro atoms. The lowest BCUT2D eigenvalue weighted by atomic mass is 9.69. The molecule has 0 aromatic heterocycles. The summed E-state index contributed by atoms with van der Waals surface area (Å²) in [6.07, 6.45) is 1.33. The van der Waals surface area contributed by atoms with Gasteiger partial charge in [0.15, 0.2) is 5.78 Å². The van der Waals surface area contributed by atoms with E-state index < -0.39 is 0 Å². The third-order valence-corrected chi connectivity index (χ3v) is 5.71. The van der Waals surface area contributed by atoms with E-state index in [0.29, 0.717) is 18.4 Å². The lowest BCUT2D eigenvalue weighted by molar-refractivity contribution is -0.121. The molecule has 4 rings (SSSR count). The number of nitrogens with zero attached hydrogens (tertiary/aromatic N) is 1. The van der Waals surface area contributed by atoms with Crippen LogP contribution in [-0.2, 0) is 9.59 Å². The first-order chi connectivity index (χ1) is 13.2. The SMILES string of the molecule is Cc1ccc(N2C(=O)CC(c3ccc(F)cc3)C3=C2CC(C)(C)CC3=O)cc1. The van der Waals surface area contributed by atoms with Crippen molar-refractivity contribution in [3.8, 4) is 0 Å². The Morgan fingerprint density at radius 1 is 0.964 bits per heavy atom. The molecule has 0 fully saturated rings. The molecule has 4 heteroatoms. The molecule has 1 atom stereocenters. The van der Waals surface area contributed by atoms with Crippen molar-refractivity contribution in [2.24, 2.45) is 5.41 Å². The van der Waals surface area contributed by atoms with Gasteiger partial charge in [-0.15, -0.1) is 0 Å². The number of ketones is 1. The Balaban J connectivity index is 1.88. The van der Waals surface area contributed by atoms with Gasteiger partial charge in [-0.3, -0.25) is 14.5 Å². The summed E-state index contributed by atoms with van der Waals surface area (Å²) in [4.78, 5) is 28.1. The maximum atomic E-state index is 13.4. The Morgan fingerprint density at radius 3 is 2.25 bits per heavy atom. The van der Waals surface area contributed by atoms with Crippen LogP contribution in [0.4, 0.5) is 10.1 Å². The normalized spacial score (nSPS) is 21.7.